The van der Waals surface area contributed by atoms with Crippen molar-refractivity contribution >= 4 is 34.4 Å². The van der Waals surface area contributed by atoms with Crippen LogP contribution in [-0.2, 0) is 11.3 Å². The van der Waals surface area contributed by atoms with E-state index in [4.69, 9.17) is 5.73 Å². The van der Waals surface area contributed by atoms with Gasteiger partial charge in [0.15, 0.2) is 11.5 Å². The van der Waals surface area contributed by atoms with Crippen molar-refractivity contribution in [2.24, 2.45) is 0 Å². The second-order valence-corrected chi connectivity index (χ2v) is 8.14. The van der Waals surface area contributed by atoms with Gasteiger partial charge in [-0.05, 0) is 38.0 Å². The van der Waals surface area contributed by atoms with Crippen LogP contribution in [0.1, 0.15) is 18.7 Å². The summed E-state index contributed by atoms with van der Waals surface area (Å²) >= 11 is 0. The monoisotopic (exact) mass is 455 g/mol. The zero-order valence-corrected chi connectivity index (χ0v) is 18.2. The standard InChI is InChI=1S/C21H23F2N9O/c1-11-25-14-6-5-13(26-19(14)31(11)10-16(22)23)12-7-9-32-17(12)18(24)28-21(29-32)27-15-4-3-8-30(2)20(15)33/h5-7,9,15-16H,3-4,8,10H2,1-2H3,(H3,24,27,28,29)/t15-/m0/s1. The first kappa shape index (κ1) is 21.0. The summed E-state index contributed by atoms with van der Waals surface area (Å²) in [5, 5.41) is 7.54. The number of nitrogens with zero attached hydrogens (tertiary/aromatic N) is 7. The van der Waals surface area contributed by atoms with Crippen molar-refractivity contribution < 1.29 is 13.6 Å². The Morgan fingerprint density at radius 3 is 2.85 bits per heavy atom. The summed E-state index contributed by atoms with van der Waals surface area (Å²) < 4.78 is 29.1. The highest BCUT2D eigenvalue weighted by molar-refractivity contribution is 5.89. The molecule has 0 saturated carbocycles. The van der Waals surface area contributed by atoms with Gasteiger partial charge in [0, 0.05) is 25.4 Å². The van der Waals surface area contributed by atoms with Crippen molar-refractivity contribution in [2.75, 3.05) is 24.6 Å². The van der Waals surface area contributed by atoms with E-state index in [-0.39, 0.29) is 17.7 Å². The number of likely N-dealkylation sites (N-methyl/N-ethyl adjacent to an activating group) is 1. The van der Waals surface area contributed by atoms with Gasteiger partial charge in [-0.15, -0.1) is 5.10 Å². The van der Waals surface area contributed by atoms with Gasteiger partial charge in [-0.25, -0.2) is 23.3 Å². The van der Waals surface area contributed by atoms with Gasteiger partial charge in [0.2, 0.25) is 11.9 Å². The number of carbonyl (C=O) groups is 1. The Hall–Kier alpha value is -3.83. The number of imidazole rings is 1. The highest BCUT2D eigenvalue weighted by Gasteiger charge is 2.27. The van der Waals surface area contributed by atoms with Crippen molar-refractivity contribution in [3.63, 3.8) is 0 Å². The molecule has 1 atom stereocenters. The van der Waals surface area contributed by atoms with E-state index in [1.54, 1.807) is 47.8 Å². The third-order valence-electron chi connectivity index (χ3n) is 5.88. The lowest BCUT2D eigenvalue weighted by molar-refractivity contribution is -0.132. The van der Waals surface area contributed by atoms with Crippen LogP contribution < -0.4 is 11.1 Å². The van der Waals surface area contributed by atoms with Crippen LogP contribution in [0.25, 0.3) is 27.9 Å². The first-order valence-electron chi connectivity index (χ1n) is 10.6. The van der Waals surface area contributed by atoms with Gasteiger partial charge in [-0.3, -0.25) is 4.79 Å². The van der Waals surface area contributed by atoms with Gasteiger partial charge in [-0.1, -0.05) is 0 Å². The van der Waals surface area contributed by atoms with Gasteiger partial charge in [0.1, 0.15) is 22.9 Å². The van der Waals surface area contributed by atoms with Gasteiger partial charge in [0.05, 0.1) is 12.2 Å². The molecule has 172 valence electrons. The van der Waals surface area contributed by atoms with E-state index in [1.807, 2.05) is 0 Å². The smallest absolute Gasteiger partial charge is 0.256 e. The van der Waals surface area contributed by atoms with Crippen molar-refractivity contribution in [1.29, 1.82) is 0 Å². The number of halogens is 2. The number of likely N-dealkylation sites (tertiary alicyclic amines) is 1. The summed E-state index contributed by atoms with van der Waals surface area (Å²) in [7, 11) is 1.77. The van der Waals surface area contributed by atoms with Crippen LogP contribution in [0.3, 0.4) is 0 Å². The number of piperidine rings is 1. The number of aromatic nitrogens is 6. The van der Waals surface area contributed by atoms with Gasteiger partial charge in [0.25, 0.3) is 6.43 Å². The first-order valence-corrected chi connectivity index (χ1v) is 10.6. The maximum atomic E-state index is 13.1. The average Bonchev–Trinajstić information content (AvgIpc) is 3.32. The number of rotatable bonds is 5. The molecule has 1 amide bonds. The minimum atomic E-state index is -2.52. The zero-order valence-electron chi connectivity index (χ0n) is 18.2. The number of nitrogen functional groups attached to an aromatic ring is 1. The molecule has 1 aliphatic heterocycles. The maximum Gasteiger partial charge on any atom is 0.256 e. The summed E-state index contributed by atoms with van der Waals surface area (Å²) in [6.07, 6.45) is 0.779. The highest BCUT2D eigenvalue weighted by atomic mass is 19.3. The molecular weight excluding hydrogens is 432 g/mol. The number of carbonyl (C=O) groups excluding carboxylic acids is 1. The summed E-state index contributed by atoms with van der Waals surface area (Å²) in [6, 6.07) is 4.89. The Kier molecular flexibility index (Phi) is 5.06. The van der Waals surface area contributed by atoms with Gasteiger partial charge in [-0.2, -0.15) is 4.98 Å². The molecule has 4 aromatic heterocycles. The molecule has 0 aliphatic carbocycles. The molecule has 0 spiro atoms. The Morgan fingerprint density at radius 2 is 2.06 bits per heavy atom. The molecule has 12 heteroatoms. The second kappa shape index (κ2) is 7.94. The maximum absolute atomic E-state index is 13.1. The van der Waals surface area contributed by atoms with E-state index in [9.17, 15) is 13.6 Å². The molecule has 5 rings (SSSR count). The Morgan fingerprint density at radius 1 is 1.24 bits per heavy atom. The second-order valence-electron chi connectivity index (χ2n) is 8.14. The third kappa shape index (κ3) is 3.70. The van der Waals surface area contributed by atoms with E-state index in [2.05, 4.69) is 25.4 Å². The molecule has 0 unspecified atom stereocenters. The molecule has 1 aliphatic rings. The molecule has 33 heavy (non-hydrogen) atoms. The molecule has 5 heterocycles. The van der Waals surface area contributed by atoms with Crippen LogP contribution in [-0.4, -0.2) is 66.0 Å². The fourth-order valence-corrected chi connectivity index (χ4v) is 4.26. The molecule has 1 fully saturated rings. The number of anilines is 2. The number of hydrogen-bond donors (Lipinski definition) is 2. The van der Waals surface area contributed by atoms with Crippen molar-refractivity contribution in [3.8, 4) is 11.3 Å². The number of amides is 1. The van der Waals surface area contributed by atoms with Crippen LogP contribution >= 0.6 is 0 Å². The van der Waals surface area contributed by atoms with E-state index in [0.717, 1.165) is 13.0 Å². The third-order valence-corrected chi connectivity index (χ3v) is 5.88. The van der Waals surface area contributed by atoms with E-state index >= 15 is 0 Å². The molecular formula is C21H23F2N9O. The Bertz CT molecular complexity index is 1360. The minimum Gasteiger partial charge on any atom is -0.382 e. The van der Waals surface area contributed by atoms with Crippen LogP contribution in [0.5, 0.6) is 0 Å². The Labute approximate surface area is 187 Å². The summed E-state index contributed by atoms with van der Waals surface area (Å²) in [5.74, 6) is 0.927. The van der Waals surface area contributed by atoms with Crippen LogP contribution in [0.15, 0.2) is 24.4 Å². The molecule has 3 N–H and O–H groups in total. The van der Waals surface area contributed by atoms with E-state index < -0.39 is 19.0 Å². The predicted molar refractivity (Wildman–Crippen MR) is 119 cm³/mol. The molecule has 4 aromatic rings. The fraction of sp³-hybridized carbons (Fsp3) is 0.381. The van der Waals surface area contributed by atoms with Crippen LogP contribution in [0, 0.1) is 6.92 Å². The largest absolute Gasteiger partial charge is 0.382 e. The lowest BCUT2D eigenvalue weighted by atomic mass is 10.1. The summed E-state index contributed by atoms with van der Waals surface area (Å²) in [6.45, 7) is 1.92. The lowest BCUT2D eigenvalue weighted by Gasteiger charge is -2.29. The quantitative estimate of drug-likeness (QED) is 0.474. The first-order chi connectivity index (χ1) is 15.8. The van der Waals surface area contributed by atoms with E-state index in [0.29, 0.717) is 40.2 Å². The van der Waals surface area contributed by atoms with Crippen molar-refractivity contribution in [1.82, 2.24) is 34.0 Å². The molecule has 1 saturated heterocycles. The normalized spacial score (nSPS) is 16.9. The topological polar surface area (TPSA) is 119 Å². The van der Waals surface area contributed by atoms with Crippen LogP contribution in [0.4, 0.5) is 20.5 Å². The SMILES string of the molecule is Cc1nc2ccc(-c3ccn4nc(N[C@H]5CCCN(C)C5=O)nc(N)c34)nc2n1CC(F)F. The average molecular weight is 455 g/mol. The number of pyridine rings is 1. The molecule has 0 radical (unpaired) electrons. The number of hydrogen-bond acceptors (Lipinski definition) is 7. The molecule has 0 aromatic carbocycles. The van der Waals surface area contributed by atoms with Crippen molar-refractivity contribution in [2.45, 2.75) is 38.8 Å². The van der Waals surface area contributed by atoms with E-state index in [1.165, 1.54) is 4.57 Å². The van der Waals surface area contributed by atoms with Crippen LogP contribution in [0.2, 0.25) is 0 Å². The molecule has 0 bridgehead atoms. The zero-order chi connectivity index (χ0) is 23.3. The molecule has 10 nitrogen and oxygen atoms in total. The van der Waals surface area contributed by atoms with Crippen molar-refractivity contribution in [3.05, 3.63) is 30.2 Å². The number of nitrogens with one attached hydrogen (secondary N) is 1. The fourth-order valence-electron chi connectivity index (χ4n) is 4.26. The number of aryl methyl sites for hydroxylation is 1. The Balaban J connectivity index is 1.52. The van der Waals surface area contributed by atoms with Gasteiger partial charge < -0.3 is 20.5 Å². The number of nitrogens with two attached hydrogens (primary N) is 1. The summed E-state index contributed by atoms with van der Waals surface area (Å²) in [5.41, 5.74) is 8.93. The lowest BCUT2D eigenvalue weighted by Crippen LogP contribution is -2.45. The number of fused-ring (bicyclic) bond motifs is 2. The predicted octanol–water partition coefficient (Wildman–Crippen LogP) is 2.33. The van der Waals surface area contributed by atoms with Gasteiger partial charge >= 0.3 is 0 Å². The highest BCUT2D eigenvalue weighted by Crippen LogP contribution is 2.29. The summed E-state index contributed by atoms with van der Waals surface area (Å²) in [4.78, 5) is 27.3. The number of alkyl halides is 2. The minimum absolute atomic E-state index is 0.00933.